The first-order valence-electron chi connectivity index (χ1n) is 4.94. The molecule has 0 fully saturated rings. The molecule has 2 aromatic rings. The van der Waals surface area contributed by atoms with Gasteiger partial charge in [0.2, 0.25) is 0 Å². The Hall–Kier alpha value is -2.39. The number of benzene rings is 1. The highest BCUT2D eigenvalue weighted by Crippen LogP contribution is 2.27. The molecule has 2 rings (SSSR count). The van der Waals surface area contributed by atoms with Crippen LogP contribution >= 0.6 is 11.8 Å². The van der Waals surface area contributed by atoms with Gasteiger partial charge in [-0.3, -0.25) is 0 Å². The van der Waals surface area contributed by atoms with Gasteiger partial charge in [0.25, 0.3) is 0 Å². The predicted octanol–water partition coefficient (Wildman–Crippen LogP) is 2.20. The summed E-state index contributed by atoms with van der Waals surface area (Å²) in [4.78, 5) is 19.5. The number of aromatic nitrogens is 2. The molecule has 5 nitrogen and oxygen atoms in total. The number of aromatic carboxylic acids is 1. The van der Waals surface area contributed by atoms with Gasteiger partial charge in [-0.05, 0) is 30.0 Å². The zero-order valence-corrected chi connectivity index (χ0v) is 9.89. The van der Waals surface area contributed by atoms with Crippen LogP contribution in [-0.2, 0) is 0 Å². The molecule has 0 atom stereocenters. The molecule has 0 aliphatic rings. The van der Waals surface area contributed by atoms with Gasteiger partial charge >= 0.3 is 5.97 Å². The first-order valence-corrected chi connectivity index (χ1v) is 5.75. The molecule has 18 heavy (non-hydrogen) atoms. The van der Waals surface area contributed by atoms with Crippen LogP contribution in [0.25, 0.3) is 0 Å². The monoisotopic (exact) mass is 257 g/mol. The lowest BCUT2D eigenvalue weighted by atomic mass is 10.2. The smallest absolute Gasteiger partial charge is 0.336 e. The van der Waals surface area contributed by atoms with Crippen LogP contribution in [0.2, 0.25) is 0 Å². The molecular formula is C12H7N3O2S. The minimum atomic E-state index is -1.01. The van der Waals surface area contributed by atoms with E-state index < -0.39 is 5.97 Å². The van der Waals surface area contributed by atoms with E-state index in [9.17, 15) is 4.79 Å². The summed E-state index contributed by atoms with van der Waals surface area (Å²) in [6, 6.07) is 9.98. The van der Waals surface area contributed by atoms with Gasteiger partial charge in [0.15, 0.2) is 5.16 Å². The molecule has 0 unspecified atom stereocenters. The second-order valence-corrected chi connectivity index (χ2v) is 4.25. The number of carbonyl (C=O) groups is 1. The van der Waals surface area contributed by atoms with Crippen LogP contribution in [0, 0.1) is 11.3 Å². The molecular weight excluding hydrogens is 250 g/mol. The SMILES string of the molecule is N#Cc1ccnc(Sc2ccccc2C(=O)O)n1. The Bertz CT molecular complexity index is 637. The Morgan fingerprint density at radius 2 is 2.11 bits per heavy atom. The van der Waals surface area contributed by atoms with Crippen LogP contribution in [0.3, 0.4) is 0 Å². The topological polar surface area (TPSA) is 86.9 Å². The van der Waals surface area contributed by atoms with Crippen LogP contribution < -0.4 is 0 Å². The van der Waals surface area contributed by atoms with Crippen molar-refractivity contribution in [3.8, 4) is 6.07 Å². The molecule has 1 N–H and O–H groups in total. The zero-order valence-electron chi connectivity index (χ0n) is 9.07. The highest BCUT2D eigenvalue weighted by molar-refractivity contribution is 7.99. The summed E-state index contributed by atoms with van der Waals surface area (Å²) < 4.78 is 0. The van der Waals surface area contributed by atoms with Crippen LogP contribution in [0.1, 0.15) is 16.1 Å². The molecule has 0 aliphatic heterocycles. The molecule has 0 aliphatic carbocycles. The molecule has 0 bridgehead atoms. The number of nitrogens with zero attached hydrogens (tertiary/aromatic N) is 3. The van der Waals surface area contributed by atoms with E-state index in [0.29, 0.717) is 10.1 Å². The Morgan fingerprint density at radius 3 is 2.83 bits per heavy atom. The molecule has 1 aromatic heterocycles. The van der Waals surface area contributed by atoms with Gasteiger partial charge in [-0.1, -0.05) is 12.1 Å². The van der Waals surface area contributed by atoms with Crippen molar-refractivity contribution in [2.24, 2.45) is 0 Å². The fourth-order valence-corrected chi connectivity index (χ4v) is 2.15. The van der Waals surface area contributed by atoms with E-state index in [1.54, 1.807) is 18.2 Å². The van der Waals surface area contributed by atoms with Gasteiger partial charge < -0.3 is 5.11 Å². The molecule has 1 aromatic carbocycles. The first-order chi connectivity index (χ1) is 8.70. The van der Waals surface area contributed by atoms with E-state index in [-0.39, 0.29) is 11.3 Å². The average molecular weight is 257 g/mol. The zero-order chi connectivity index (χ0) is 13.0. The number of hydrogen-bond donors (Lipinski definition) is 1. The van der Waals surface area contributed by atoms with Gasteiger partial charge in [-0.15, -0.1) is 0 Å². The van der Waals surface area contributed by atoms with Gasteiger partial charge in [0.05, 0.1) is 5.56 Å². The summed E-state index contributed by atoms with van der Waals surface area (Å²) in [5, 5.41) is 18.1. The lowest BCUT2D eigenvalue weighted by Crippen LogP contribution is -1.99. The third-order valence-electron chi connectivity index (χ3n) is 2.07. The van der Waals surface area contributed by atoms with Crippen molar-refractivity contribution in [3.05, 3.63) is 47.8 Å². The van der Waals surface area contributed by atoms with Crippen molar-refractivity contribution in [2.45, 2.75) is 10.1 Å². The number of rotatable bonds is 3. The Morgan fingerprint density at radius 1 is 1.33 bits per heavy atom. The second kappa shape index (κ2) is 5.29. The standard InChI is InChI=1S/C12H7N3O2S/c13-7-8-5-6-14-12(15-8)18-10-4-2-1-3-9(10)11(16)17/h1-6H,(H,16,17). The maximum Gasteiger partial charge on any atom is 0.336 e. The first kappa shape index (κ1) is 12.1. The maximum absolute atomic E-state index is 11.0. The van der Waals surface area contributed by atoms with E-state index in [0.717, 1.165) is 11.8 Å². The van der Waals surface area contributed by atoms with Crippen molar-refractivity contribution >= 4 is 17.7 Å². The molecule has 88 valence electrons. The molecule has 0 spiro atoms. The lowest BCUT2D eigenvalue weighted by Gasteiger charge is -2.03. The van der Waals surface area contributed by atoms with Crippen molar-refractivity contribution in [2.75, 3.05) is 0 Å². The largest absolute Gasteiger partial charge is 0.478 e. The van der Waals surface area contributed by atoms with Crippen molar-refractivity contribution < 1.29 is 9.90 Å². The van der Waals surface area contributed by atoms with Crippen molar-refractivity contribution in [1.82, 2.24) is 9.97 Å². The summed E-state index contributed by atoms with van der Waals surface area (Å²) in [6.07, 6.45) is 1.47. The Labute approximate surface area is 107 Å². The highest BCUT2D eigenvalue weighted by Gasteiger charge is 2.11. The third kappa shape index (κ3) is 2.64. The molecule has 1 heterocycles. The second-order valence-electron chi connectivity index (χ2n) is 3.24. The van der Waals surface area contributed by atoms with E-state index in [1.165, 1.54) is 18.3 Å². The summed E-state index contributed by atoms with van der Waals surface area (Å²) in [5.41, 5.74) is 0.439. The minimum Gasteiger partial charge on any atom is -0.478 e. The predicted molar refractivity (Wildman–Crippen MR) is 64.3 cm³/mol. The third-order valence-corrected chi connectivity index (χ3v) is 3.02. The highest BCUT2D eigenvalue weighted by atomic mass is 32.2. The van der Waals surface area contributed by atoms with Crippen LogP contribution in [0.5, 0.6) is 0 Å². The molecule has 0 radical (unpaired) electrons. The minimum absolute atomic E-state index is 0.188. The quantitative estimate of drug-likeness (QED) is 0.848. The van der Waals surface area contributed by atoms with Crippen LogP contribution in [0.15, 0.2) is 46.6 Å². The summed E-state index contributed by atoms with van der Waals surface area (Å²) in [6.45, 7) is 0. The molecule has 6 heteroatoms. The molecule has 0 amide bonds. The summed E-state index contributed by atoms with van der Waals surface area (Å²) >= 11 is 1.12. The van der Waals surface area contributed by atoms with E-state index in [1.807, 2.05) is 6.07 Å². The van der Waals surface area contributed by atoms with Crippen molar-refractivity contribution in [1.29, 1.82) is 5.26 Å². The fraction of sp³-hybridized carbons (Fsp3) is 0. The average Bonchev–Trinajstić information content (AvgIpc) is 2.39. The van der Waals surface area contributed by atoms with Crippen LogP contribution in [-0.4, -0.2) is 21.0 Å². The van der Waals surface area contributed by atoms with E-state index in [2.05, 4.69) is 9.97 Å². The Balaban J connectivity index is 2.34. The van der Waals surface area contributed by atoms with Gasteiger partial charge in [-0.2, -0.15) is 5.26 Å². The van der Waals surface area contributed by atoms with E-state index in [4.69, 9.17) is 10.4 Å². The number of hydrogen-bond acceptors (Lipinski definition) is 5. The Kier molecular flexibility index (Phi) is 3.55. The summed E-state index contributed by atoms with van der Waals surface area (Å²) in [7, 11) is 0. The number of nitriles is 1. The van der Waals surface area contributed by atoms with Crippen molar-refractivity contribution in [3.63, 3.8) is 0 Å². The summed E-state index contributed by atoms with van der Waals surface area (Å²) in [5.74, 6) is -1.01. The van der Waals surface area contributed by atoms with Gasteiger partial charge in [-0.25, -0.2) is 14.8 Å². The normalized spacial score (nSPS) is 9.72. The molecule has 0 saturated carbocycles. The fourth-order valence-electron chi connectivity index (χ4n) is 1.28. The number of carboxylic acid groups (broad SMARTS) is 1. The van der Waals surface area contributed by atoms with Gasteiger partial charge in [0.1, 0.15) is 11.8 Å². The number of carboxylic acids is 1. The van der Waals surface area contributed by atoms with Crippen LogP contribution in [0.4, 0.5) is 0 Å². The van der Waals surface area contributed by atoms with Gasteiger partial charge in [0, 0.05) is 11.1 Å². The van der Waals surface area contributed by atoms with E-state index >= 15 is 0 Å². The maximum atomic E-state index is 11.0. The lowest BCUT2D eigenvalue weighted by molar-refractivity contribution is 0.0693. The molecule has 0 saturated heterocycles.